The summed E-state index contributed by atoms with van der Waals surface area (Å²) in [5, 5.41) is 3.12. The van der Waals surface area contributed by atoms with E-state index in [4.69, 9.17) is 10.5 Å². The van der Waals surface area contributed by atoms with E-state index in [1.165, 1.54) is 13.3 Å². The number of aryl methyl sites for hydroxylation is 1. The molecule has 0 spiro atoms. The number of nitrogens with one attached hydrogen (secondary N) is 1. The molecule has 0 saturated heterocycles. The number of aromatic nitrogens is 3. The van der Waals surface area contributed by atoms with Gasteiger partial charge in [0, 0.05) is 6.20 Å². The van der Waals surface area contributed by atoms with E-state index in [0.717, 1.165) is 23.1 Å². The summed E-state index contributed by atoms with van der Waals surface area (Å²) in [5.74, 6) is -1.51. The van der Waals surface area contributed by atoms with E-state index in [2.05, 4.69) is 25.0 Å². The Labute approximate surface area is 162 Å². The third-order valence-corrected chi connectivity index (χ3v) is 4.95. The summed E-state index contributed by atoms with van der Waals surface area (Å²) >= 11 is 2.06. The van der Waals surface area contributed by atoms with Crippen molar-refractivity contribution in [2.45, 2.75) is 19.0 Å². The van der Waals surface area contributed by atoms with Gasteiger partial charge in [0.1, 0.15) is 16.3 Å². The zero-order valence-electron chi connectivity index (χ0n) is 14.8. The highest BCUT2D eigenvalue weighted by Crippen LogP contribution is 2.24. The number of amides is 1. The number of methoxy groups -OCH3 is 1. The number of carbonyl (C=O) groups is 3. The van der Waals surface area contributed by atoms with Crippen LogP contribution in [0.25, 0.3) is 0 Å². The Morgan fingerprint density at radius 3 is 2.67 bits per heavy atom. The number of esters is 2. The molecule has 2 rings (SSSR count). The molecule has 0 radical (unpaired) electrons. The monoisotopic (exact) mass is 411 g/mol. The number of nitrogen functional groups attached to an aromatic ring is 1. The van der Waals surface area contributed by atoms with Gasteiger partial charge < -0.3 is 20.5 Å². The van der Waals surface area contributed by atoms with Gasteiger partial charge in [-0.2, -0.15) is 0 Å². The second-order valence-corrected chi connectivity index (χ2v) is 6.88. The van der Waals surface area contributed by atoms with Crippen LogP contribution in [0.3, 0.4) is 0 Å². The summed E-state index contributed by atoms with van der Waals surface area (Å²) in [5.41, 5.74) is 6.27. The Hall–Kier alpha value is -2.73. The summed E-state index contributed by atoms with van der Waals surface area (Å²) in [6.07, 6.45) is 1.26. The first-order chi connectivity index (χ1) is 12.8. The van der Waals surface area contributed by atoms with Crippen LogP contribution in [0.2, 0.25) is 0 Å². The quantitative estimate of drug-likeness (QED) is 0.390. The standard InChI is InChI=1S/C15H17N5O5S2/c1-4-25-12(22)8-5-17-14(20-11(8)16)26-6-9(21)19-15-18-7(2)10(27-15)13(23)24-3/h5H,4,6H2,1-3H3,(H2,16,17,20)(H,18,19,21). The van der Waals surface area contributed by atoms with Crippen molar-refractivity contribution in [3.05, 3.63) is 22.3 Å². The second kappa shape index (κ2) is 9.28. The van der Waals surface area contributed by atoms with Crippen molar-refractivity contribution in [3.63, 3.8) is 0 Å². The minimum absolute atomic E-state index is 0.00955. The number of thioether (sulfide) groups is 1. The fourth-order valence-corrected chi connectivity index (χ4v) is 3.35. The summed E-state index contributed by atoms with van der Waals surface area (Å²) in [6, 6.07) is 0. The maximum Gasteiger partial charge on any atom is 0.350 e. The van der Waals surface area contributed by atoms with Crippen LogP contribution in [0, 0.1) is 6.92 Å². The normalized spacial score (nSPS) is 10.3. The molecule has 0 fully saturated rings. The summed E-state index contributed by atoms with van der Waals surface area (Å²) in [6.45, 7) is 3.54. The molecule has 144 valence electrons. The smallest absolute Gasteiger partial charge is 0.350 e. The van der Waals surface area contributed by atoms with E-state index in [1.54, 1.807) is 13.8 Å². The lowest BCUT2D eigenvalue weighted by Gasteiger charge is -2.06. The molecule has 0 aliphatic carbocycles. The Kier molecular flexibility index (Phi) is 7.07. The maximum absolute atomic E-state index is 12.0. The highest BCUT2D eigenvalue weighted by atomic mass is 32.2. The highest BCUT2D eigenvalue weighted by Gasteiger charge is 2.18. The molecule has 0 unspecified atom stereocenters. The van der Waals surface area contributed by atoms with Gasteiger partial charge in [-0.3, -0.25) is 4.79 Å². The van der Waals surface area contributed by atoms with Crippen molar-refractivity contribution in [2.75, 3.05) is 30.5 Å². The number of anilines is 2. The van der Waals surface area contributed by atoms with E-state index < -0.39 is 11.9 Å². The van der Waals surface area contributed by atoms with Crippen LogP contribution < -0.4 is 11.1 Å². The first-order valence-corrected chi connectivity index (χ1v) is 9.43. The fourth-order valence-electron chi connectivity index (χ4n) is 1.83. The molecular formula is C15H17N5O5S2. The van der Waals surface area contributed by atoms with Crippen molar-refractivity contribution < 1.29 is 23.9 Å². The first-order valence-electron chi connectivity index (χ1n) is 7.63. The zero-order valence-corrected chi connectivity index (χ0v) is 16.4. The Morgan fingerprint density at radius 2 is 2.04 bits per heavy atom. The molecule has 0 aromatic carbocycles. The topological polar surface area (TPSA) is 146 Å². The Bertz CT molecular complexity index is 870. The summed E-state index contributed by atoms with van der Waals surface area (Å²) in [4.78, 5) is 47.7. The van der Waals surface area contributed by atoms with E-state index in [1.807, 2.05) is 0 Å². The molecule has 2 aromatic heterocycles. The van der Waals surface area contributed by atoms with Crippen molar-refractivity contribution >= 4 is 51.9 Å². The number of hydrogen-bond donors (Lipinski definition) is 2. The minimum atomic E-state index is -0.607. The SMILES string of the molecule is CCOC(=O)c1cnc(SCC(=O)Nc2nc(C)c(C(=O)OC)s2)nc1N. The lowest BCUT2D eigenvalue weighted by Crippen LogP contribution is -2.15. The zero-order chi connectivity index (χ0) is 20.0. The van der Waals surface area contributed by atoms with E-state index >= 15 is 0 Å². The van der Waals surface area contributed by atoms with Crippen molar-refractivity contribution in [3.8, 4) is 0 Å². The van der Waals surface area contributed by atoms with Gasteiger partial charge in [0.15, 0.2) is 10.3 Å². The minimum Gasteiger partial charge on any atom is -0.465 e. The molecule has 0 bridgehead atoms. The van der Waals surface area contributed by atoms with Gasteiger partial charge in [0.2, 0.25) is 5.91 Å². The molecule has 27 heavy (non-hydrogen) atoms. The van der Waals surface area contributed by atoms with Gasteiger partial charge in [-0.25, -0.2) is 24.5 Å². The predicted octanol–water partition coefficient (Wildman–Crippen LogP) is 1.52. The number of nitrogens with two attached hydrogens (primary N) is 1. The number of hydrogen-bond acceptors (Lipinski definition) is 11. The van der Waals surface area contributed by atoms with Crippen molar-refractivity contribution in [2.24, 2.45) is 0 Å². The molecule has 0 saturated carbocycles. The van der Waals surface area contributed by atoms with Crippen LogP contribution in [0.4, 0.5) is 10.9 Å². The number of thiazole rings is 1. The molecule has 10 nitrogen and oxygen atoms in total. The number of carbonyl (C=O) groups excluding carboxylic acids is 3. The van der Waals surface area contributed by atoms with Crippen LogP contribution in [0.1, 0.15) is 32.6 Å². The lowest BCUT2D eigenvalue weighted by molar-refractivity contribution is -0.113. The van der Waals surface area contributed by atoms with E-state index in [-0.39, 0.29) is 39.9 Å². The average molecular weight is 411 g/mol. The number of nitrogens with zero attached hydrogens (tertiary/aromatic N) is 3. The van der Waals surface area contributed by atoms with Gasteiger partial charge >= 0.3 is 11.9 Å². The van der Waals surface area contributed by atoms with Gasteiger partial charge in [-0.1, -0.05) is 23.1 Å². The molecule has 3 N–H and O–H groups in total. The van der Waals surface area contributed by atoms with Crippen molar-refractivity contribution in [1.82, 2.24) is 15.0 Å². The van der Waals surface area contributed by atoms with Crippen LogP contribution in [0.5, 0.6) is 0 Å². The maximum atomic E-state index is 12.0. The van der Waals surface area contributed by atoms with E-state index in [9.17, 15) is 14.4 Å². The largest absolute Gasteiger partial charge is 0.465 e. The van der Waals surface area contributed by atoms with E-state index in [0.29, 0.717) is 10.6 Å². The van der Waals surface area contributed by atoms with Crippen LogP contribution in [-0.4, -0.2) is 52.3 Å². The van der Waals surface area contributed by atoms with Gasteiger partial charge in [0.25, 0.3) is 0 Å². The molecular weight excluding hydrogens is 394 g/mol. The molecule has 0 atom stereocenters. The van der Waals surface area contributed by atoms with Crippen LogP contribution >= 0.6 is 23.1 Å². The van der Waals surface area contributed by atoms with Gasteiger partial charge in [-0.15, -0.1) is 0 Å². The summed E-state index contributed by atoms with van der Waals surface area (Å²) in [7, 11) is 1.27. The second-order valence-electron chi connectivity index (χ2n) is 4.93. The molecule has 1 amide bonds. The Morgan fingerprint density at radius 1 is 1.30 bits per heavy atom. The summed E-state index contributed by atoms with van der Waals surface area (Å²) < 4.78 is 9.49. The molecule has 2 heterocycles. The molecule has 0 aliphatic heterocycles. The number of ether oxygens (including phenoxy) is 2. The highest BCUT2D eigenvalue weighted by molar-refractivity contribution is 7.99. The molecule has 2 aromatic rings. The Balaban J connectivity index is 1.95. The third-order valence-electron chi connectivity index (χ3n) is 3.04. The lowest BCUT2D eigenvalue weighted by atomic mass is 10.3. The average Bonchev–Trinajstić information content (AvgIpc) is 2.99. The predicted molar refractivity (Wildman–Crippen MR) is 99.9 cm³/mol. The van der Waals surface area contributed by atoms with Crippen LogP contribution in [-0.2, 0) is 14.3 Å². The third kappa shape index (κ3) is 5.37. The van der Waals surface area contributed by atoms with Crippen molar-refractivity contribution in [1.29, 1.82) is 0 Å². The van der Waals surface area contributed by atoms with Gasteiger partial charge in [0.05, 0.1) is 25.2 Å². The first kappa shape index (κ1) is 20.6. The number of rotatable bonds is 7. The molecule has 0 aliphatic rings. The van der Waals surface area contributed by atoms with Gasteiger partial charge in [-0.05, 0) is 13.8 Å². The van der Waals surface area contributed by atoms with Crippen LogP contribution in [0.15, 0.2) is 11.4 Å². The molecule has 12 heteroatoms. The fraction of sp³-hybridized carbons (Fsp3) is 0.333.